The molecule has 3 N–H and O–H groups in total. The van der Waals surface area contributed by atoms with E-state index in [9.17, 15) is 4.79 Å². The molecule has 0 saturated heterocycles. The van der Waals surface area contributed by atoms with Crippen molar-refractivity contribution in [1.82, 2.24) is 0 Å². The molecule has 108 valence electrons. The van der Waals surface area contributed by atoms with Gasteiger partial charge in [0.25, 0.3) is 5.91 Å². The van der Waals surface area contributed by atoms with E-state index in [0.717, 1.165) is 0 Å². The zero-order valence-corrected chi connectivity index (χ0v) is 14.4. The highest BCUT2D eigenvalue weighted by Crippen LogP contribution is 2.26. The minimum atomic E-state index is -0.333. The largest absolute Gasteiger partial charge is 0.389 e. The Kier molecular flexibility index (Phi) is 5.22. The molecule has 0 spiro atoms. The van der Waals surface area contributed by atoms with Crippen LogP contribution in [0.25, 0.3) is 0 Å². The summed E-state index contributed by atoms with van der Waals surface area (Å²) in [5, 5.41) is 3.51. The molecule has 1 amide bonds. The number of benzene rings is 2. The van der Waals surface area contributed by atoms with E-state index in [2.05, 4.69) is 21.2 Å². The van der Waals surface area contributed by atoms with E-state index in [4.69, 9.17) is 41.2 Å². The predicted octanol–water partition coefficient (Wildman–Crippen LogP) is 4.64. The highest BCUT2D eigenvalue weighted by Gasteiger charge is 2.13. The van der Waals surface area contributed by atoms with E-state index < -0.39 is 0 Å². The average molecular weight is 404 g/mol. The second-order valence-corrected chi connectivity index (χ2v) is 6.27. The van der Waals surface area contributed by atoms with E-state index in [-0.39, 0.29) is 15.9 Å². The normalized spacial score (nSPS) is 10.2. The van der Waals surface area contributed by atoms with E-state index >= 15 is 0 Å². The van der Waals surface area contributed by atoms with Gasteiger partial charge in [0.05, 0.1) is 16.3 Å². The van der Waals surface area contributed by atoms with Crippen molar-refractivity contribution >= 4 is 67.9 Å². The number of carbonyl (C=O) groups excluding carboxylic acids is 1. The number of carbonyl (C=O) groups is 1. The van der Waals surface area contributed by atoms with E-state index in [1.54, 1.807) is 30.3 Å². The maximum atomic E-state index is 12.2. The minimum Gasteiger partial charge on any atom is -0.389 e. The van der Waals surface area contributed by atoms with Gasteiger partial charge in [-0.15, -0.1) is 0 Å². The van der Waals surface area contributed by atoms with Gasteiger partial charge >= 0.3 is 0 Å². The summed E-state index contributed by atoms with van der Waals surface area (Å²) >= 11 is 20.1. The van der Waals surface area contributed by atoms with E-state index in [1.165, 1.54) is 6.07 Å². The smallest absolute Gasteiger partial charge is 0.257 e. The van der Waals surface area contributed by atoms with Gasteiger partial charge in [0, 0.05) is 15.1 Å². The van der Waals surface area contributed by atoms with Crippen molar-refractivity contribution in [2.75, 3.05) is 5.32 Å². The molecule has 2 aromatic rings. The standard InChI is InChI=1S/C14H9BrCl2N2OS/c15-10-5-7(13(18)21)1-4-12(10)19-14(20)9-3-2-8(16)6-11(9)17/h1-6H,(H2,18,21)(H,19,20). The number of amides is 1. The van der Waals surface area contributed by atoms with Crippen LogP contribution in [0.3, 0.4) is 0 Å². The summed E-state index contributed by atoms with van der Waals surface area (Å²) in [7, 11) is 0. The van der Waals surface area contributed by atoms with E-state index in [0.29, 0.717) is 26.3 Å². The number of rotatable bonds is 3. The third-order valence-electron chi connectivity index (χ3n) is 2.68. The van der Waals surface area contributed by atoms with Crippen LogP contribution in [0.5, 0.6) is 0 Å². The topological polar surface area (TPSA) is 55.1 Å². The van der Waals surface area contributed by atoms with Gasteiger partial charge in [0.15, 0.2) is 0 Å². The highest BCUT2D eigenvalue weighted by molar-refractivity contribution is 9.10. The Bertz CT molecular complexity index is 737. The van der Waals surface area contributed by atoms with Crippen LogP contribution in [-0.2, 0) is 0 Å². The summed E-state index contributed by atoms with van der Waals surface area (Å²) in [5.41, 5.74) is 7.19. The lowest BCUT2D eigenvalue weighted by molar-refractivity contribution is 0.102. The molecule has 21 heavy (non-hydrogen) atoms. The number of hydrogen-bond donors (Lipinski definition) is 2. The van der Waals surface area contributed by atoms with Gasteiger partial charge < -0.3 is 11.1 Å². The van der Waals surface area contributed by atoms with Crippen molar-refractivity contribution in [1.29, 1.82) is 0 Å². The highest BCUT2D eigenvalue weighted by atomic mass is 79.9. The van der Waals surface area contributed by atoms with Gasteiger partial charge in [-0.2, -0.15) is 0 Å². The first-order valence-electron chi connectivity index (χ1n) is 5.74. The first-order valence-corrected chi connectivity index (χ1v) is 7.70. The monoisotopic (exact) mass is 402 g/mol. The fourth-order valence-electron chi connectivity index (χ4n) is 1.63. The number of thiocarbonyl (C=S) groups is 1. The van der Waals surface area contributed by atoms with Crippen molar-refractivity contribution < 1.29 is 4.79 Å². The van der Waals surface area contributed by atoms with Crippen molar-refractivity contribution in [2.24, 2.45) is 5.73 Å². The molecule has 0 bridgehead atoms. The van der Waals surface area contributed by atoms with Crippen LogP contribution in [0.1, 0.15) is 15.9 Å². The van der Waals surface area contributed by atoms with Crippen molar-refractivity contribution in [3.05, 3.63) is 62.0 Å². The summed E-state index contributed by atoms with van der Waals surface area (Å²) in [5.74, 6) is -0.333. The molecule has 0 unspecified atom stereocenters. The van der Waals surface area contributed by atoms with Crippen LogP contribution in [0.15, 0.2) is 40.9 Å². The van der Waals surface area contributed by atoms with Crippen LogP contribution in [0.2, 0.25) is 10.0 Å². The Morgan fingerprint density at radius 2 is 1.90 bits per heavy atom. The number of halogens is 3. The van der Waals surface area contributed by atoms with Crippen LogP contribution < -0.4 is 11.1 Å². The molecular formula is C14H9BrCl2N2OS. The molecule has 3 nitrogen and oxygen atoms in total. The predicted molar refractivity (Wildman–Crippen MR) is 94.4 cm³/mol. The van der Waals surface area contributed by atoms with Crippen LogP contribution in [-0.4, -0.2) is 10.9 Å². The molecule has 0 aliphatic rings. The Morgan fingerprint density at radius 1 is 1.19 bits per heavy atom. The first kappa shape index (κ1) is 16.2. The van der Waals surface area contributed by atoms with Gasteiger partial charge in [-0.05, 0) is 52.3 Å². The number of anilines is 1. The van der Waals surface area contributed by atoms with Gasteiger partial charge in [0.1, 0.15) is 4.99 Å². The summed E-state index contributed by atoms with van der Waals surface area (Å²) in [6.45, 7) is 0. The number of nitrogens with two attached hydrogens (primary N) is 1. The fourth-order valence-corrected chi connectivity index (χ4v) is 2.73. The Morgan fingerprint density at radius 3 is 2.48 bits per heavy atom. The van der Waals surface area contributed by atoms with Gasteiger partial charge in [-0.3, -0.25) is 4.79 Å². The third-order valence-corrected chi connectivity index (χ3v) is 4.12. The summed E-state index contributed by atoms with van der Waals surface area (Å²) in [4.78, 5) is 12.5. The second-order valence-electron chi connectivity index (χ2n) is 4.14. The molecule has 0 aliphatic heterocycles. The Labute approximate surface area is 145 Å². The minimum absolute atomic E-state index is 0.286. The fraction of sp³-hybridized carbons (Fsp3) is 0. The number of nitrogens with one attached hydrogen (secondary N) is 1. The third kappa shape index (κ3) is 3.95. The SMILES string of the molecule is NC(=S)c1ccc(NC(=O)c2ccc(Cl)cc2Cl)c(Br)c1. The summed E-state index contributed by atoms with van der Waals surface area (Å²) in [6.07, 6.45) is 0. The lowest BCUT2D eigenvalue weighted by atomic mass is 10.2. The van der Waals surface area contributed by atoms with Crippen molar-refractivity contribution in [3.8, 4) is 0 Å². The maximum absolute atomic E-state index is 12.2. The van der Waals surface area contributed by atoms with Crippen molar-refractivity contribution in [2.45, 2.75) is 0 Å². The van der Waals surface area contributed by atoms with Crippen molar-refractivity contribution in [3.63, 3.8) is 0 Å². The van der Waals surface area contributed by atoms with Gasteiger partial charge in [0.2, 0.25) is 0 Å². The van der Waals surface area contributed by atoms with Crippen LogP contribution in [0, 0.1) is 0 Å². The summed E-state index contributed by atoms with van der Waals surface area (Å²) < 4.78 is 0.672. The molecule has 0 fully saturated rings. The maximum Gasteiger partial charge on any atom is 0.257 e. The number of hydrogen-bond acceptors (Lipinski definition) is 2. The molecule has 0 aromatic heterocycles. The Balaban J connectivity index is 2.25. The van der Waals surface area contributed by atoms with Gasteiger partial charge in [-0.1, -0.05) is 35.4 Å². The quantitative estimate of drug-likeness (QED) is 0.733. The molecule has 7 heteroatoms. The summed E-state index contributed by atoms with van der Waals surface area (Å²) in [6, 6.07) is 9.86. The van der Waals surface area contributed by atoms with E-state index in [1.807, 2.05) is 0 Å². The molecule has 2 aromatic carbocycles. The second kappa shape index (κ2) is 6.75. The zero-order chi connectivity index (χ0) is 15.6. The molecule has 0 aliphatic carbocycles. The van der Waals surface area contributed by atoms with Gasteiger partial charge in [-0.25, -0.2) is 0 Å². The van der Waals surface area contributed by atoms with Crippen LogP contribution in [0.4, 0.5) is 5.69 Å². The molecule has 0 saturated carbocycles. The molecule has 0 radical (unpaired) electrons. The average Bonchev–Trinajstić information content (AvgIpc) is 2.40. The zero-order valence-electron chi connectivity index (χ0n) is 10.5. The molecule has 0 atom stereocenters. The molecule has 2 rings (SSSR count). The Hall–Kier alpha value is -1.14. The first-order chi connectivity index (χ1) is 9.88. The lowest BCUT2D eigenvalue weighted by Crippen LogP contribution is -2.14. The molecule has 0 heterocycles. The molecular weight excluding hydrogens is 395 g/mol. The van der Waals surface area contributed by atoms with Crippen LogP contribution >= 0.6 is 51.3 Å². The lowest BCUT2D eigenvalue weighted by Gasteiger charge is -2.10.